The lowest BCUT2D eigenvalue weighted by atomic mass is 9.93. The number of rotatable bonds is 6. The number of hydrogen-bond donors (Lipinski definition) is 0. The van der Waals surface area contributed by atoms with E-state index < -0.39 is 0 Å². The SMILES string of the molecule is c1ccc(-n2c3ccccc3c3c4c(ccc32)c(-c2cccc(-c3ccc(-c5nc(-c6cc7ccccc7c7ccccc67)cc(-c6cc7ccccc7c7ccccc67)n5)cc3)c2)nc2ccccc24)cc1. The van der Waals surface area contributed by atoms with Crippen molar-refractivity contribution in [3.8, 4) is 62.0 Å². The Morgan fingerprint density at radius 3 is 1.48 bits per heavy atom. The topological polar surface area (TPSA) is 43.6 Å². The summed E-state index contributed by atoms with van der Waals surface area (Å²) in [7, 11) is 0. The minimum Gasteiger partial charge on any atom is -0.309 e. The lowest BCUT2D eigenvalue weighted by molar-refractivity contribution is 1.18. The fourth-order valence-electron chi connectivity index (χ4n) is 11.6. The Hall–Kier alpha value is -9.77. The van der Waals surface area contributed by atoms with Crippen LogP contribution in [-0.2, 0) is 0 Å². The Labute approximate surface area is 420 Å². The summed E-state index contributed by atoms with van der Waals surface area (Å²) in [6, 6.07) is 91.6. The van der Waals surface area contributed by atoms with Gasteiger partial charge in [0, 0.05) is 54.9 Å². The van der Waals surface area contributed by atoms with Crippen LogP contribution in [0.4, 0.5) is 0 Å². The minimum absolute atomic E-state index is 0.675. The molecule has 0 bridgehead atoms. The summed E-state index contributed by atoms with van der Waals surface area (Å²) in [5.41, 5.74) is 13.6. The van der Waals surface area contributed by atoms with Crippen LogP contribution in [-0.4, -0.2) is 19.5 Å². The molecule has 15 aromatic rings. The first-order valence-corrected chi connectivity index (χ1v) is 24.9. The van der Waals surface area contributed by atoms with Gasteiger partial charge in [0.25, 0.3) is 0 Å². The molecule has 15 rings (SSSR count). The zero-order valence-corrected chi connectivity index (χ0v) is 39.5. The van der Waals surface area contributed by atoms with Gasteiger partial charge in [-0.1, -0.05) is 200 Å². The van der Waals surface area contributed by atoms with Crippen molar-refractivity contribution in [3.63, 3.8) is 0 Å². The van der Waals surface area contributed by atoms with E-state index in [0.717, 1.165) is 83.2 Å². The van der Waals surface area contributed by atoms with E-state index in [9.17, 15) is 0 Å². The van der Waals surface area contributed by atoms with Crippen molar-refractivity contribution in [2.75, 3.05) is 0 Å². The summed E-state index contributed by atoms with van der Waals surface area (Å²) in [6.07, 6.45) is 0. The summed E-state index contributed by atoms with van der Waals surface area (Å²) in [5, 5.41) is 15.5. The lowest BCUT2D eigenvalue weighted by Gasteiger charge is -2.15. The van der Waals surface area contributed by atoms with Crippen LogP contribution >= 0.6 is 0 Å². The molecule has 0 amide bonds. The fourth-order valence-corrected chi connectivity index (χ4v) is 11.6. The first-order chi connectivity index (χ1) is 36.2. The Morgan fingerprint density at radius 1 is 0.274 bits per heavy atom. The van der Waals surface area contributed by atoms with Crippen molar-refractivity contribution in [1.29, 1.82) is 0 Å². The summed E-state index contributed by atoms with van der Waals surface area (Å²) in [6.45, 7) is 0. The second-order valence-corrected chi connectivity index (χ2v) is 19.0. The van der Waals surface area contributed by atoms with Gasteiger partial charge in [0.15, 0.2) is 5.82 Å². The molecule has 0 spiro atoms. The highest BCUT2D eigenvalue weighted by molar-refractivity contribution is 6.29. The van der Waals surface area contributed by atoms with E-state index in [1.807, 2.05) is 0 Å². The molecule has 0 saturated carbocycles. The van der Waals surface area contributed by atoms with Crippen LogP contribution < -0.4 is 0 Å². The normalized spacial score (nSPS) is 11.8. The Morgan fingerprint density at radius 2 is 0.808 bits per heavy atom. The van der Waals surface area contributed by atoms with E-state index >= 15 is 0 Å². The first kappa shape index (κ1) is 41.1. The zero-order chi connectivity index (χ0) is 48.0. The largest absolute Gasteiger partial charge is 0.309 e. The van der Waals surface area contributed by atoms with Crippen molar-refractivity contribution in [3.05, 3.63) is 255 Å². The van der Waals surface area contributed by atoms with E-state index in [0.29, 0.717) is 5.82 Å². The third-order valence-electron chi connectivity index (χ3n) is 14.9. The molecule has 3 aromatic heterocycles. The standard InChI is InChI=1S/C69H42N4/c1-2-21-49(22-3-1)73-64-32-15-13-30-57(64)67-65(73)38-37-58-66(67)56-29-12-14-31-61(56)70-68(58)48-20-16-19-45(39-48)43-33-35-44(36-34-43)69-71-62(59-40-46-17-4-6-23-50(46)52-25-8-10-27-54(52)59)42-63(72-69)60-41-47-18-5-7-24-51(47)53-26-9-11-28-55(53)60/h1-42H. The predicted octanol–water partition coefficient (Wildman–Crippen LogP) is 18.2. The van der Waals surface area contributed by atoms with Crippen molar-refractivity contribution in [1.82, 2.24) is 19.5 Å². The highest BCUT2D eigenvalue weighted by Crippen LogP contribution is 2.44. The Balaban J connectivity index is 0.883. The van der Waals surface area contributed by atoms with Crippen molar-refractivity contribution in [2.24, 2.45) is 0 Å². The van der Waals surface area contributed by atoms with Gasteiger partial charge < -0.3 is 4.57 Å². The second kappa shape index (κ2) is 16.4. The van der Waals surface area contributed by atoms with Crippen molar-refractivity contribution >= 4 is 86.6 Å². The van der Waals surface area contributed by atoms with E-state index in [2.05, 4.69) is 259 Å². The Kier molecular flexibility index (Phi) is 9.23. The highest BCUT2D eigenvalue weighted by atomic mass is 15.0. The van der Waals surface area contributed by atoms with Gasteiger partial charge >= 0.3 is 0 Å². The van der Waals surface area contributed by atoms with Crippen molar-refractivity contribution in [2.45, 2.75) is 0 Å². The van der Waals surface area contributed by atoms with Crippen LogP contribution in [0.1, 0.15) is 0 Å². The van der Waals surface area contributed by atoms with Gasteiger partial charge in [-0.3, -0.25) is 0 Å². The maximum Gasteiger partial charge on any atom is 0.160 e. The molecule has 0 aliphatic heterocycles. The maximum absolute atomic E-state index is 5.45. The summed E-state index contributed by atoms with van der Waals surface area (Å²) in [5.74, 6) is 0.675. The molecule has 0 N–H and O–H groups in total. The number of nitrogens with zero attached hydrogens (tertiary/aromatic N) is 4. The second-order valence-electron chi connectivity index (χ2n) is 19.0. The molecule has 0 fully saturated rings. The molecule has 338 valence electrons. The lowest BCUT2D eigenvalue weighted by Crippen LogP contribution is -1.97. The van der Waals surface area contributed by atoms with Gasteiger partial charge in [0.1, 0.15) is 0 Å². The molecular formula is C69H42N4. The fraction of sp³-hybridized carbons (Fsp3) is 0. The third kappa shape index (κ3) is 6.58. The molecule has 0 saturated heterocycles. The molecule has 3 heterocycles. The molecule has 0 radical (unpaired) electrons. The number of fused-ring (bicyclic) bond motifs is 13. The summed E-state index contributed by atoms with van der Waals surface area (Å²) >= 11 is 0. The quantitative estimate of drug-likeness (QED) is 0.156. The molecule has 12 aromatic carbocycles. The monoisotopic (exact) mass is 926 g/mol. The highest BCUT2D eigenvalue weighted by Gasteiger charge is 2.21. The summed E-state index contributed by atoms with van der Waals surface area (Å²) < 4.78 is 2.39. The Bertz CT molecular complexity index is 4590. The van der Waals surface area contributed by atoms with E-state index in [1.54, 1.807) is 0 Å². The van der Waals surface area contributed by atoms with Crippen LogP contribution in [0, 0.1) is 0 Å². The molecule has 0 unspecified atom stereocenters. The van der Waals surface area contributed by atoms with E-state index in [-0.39, 0.29) is 0 Å². The zero-order valence-electron chi connectivity index (χ0n) is 39.5. The number of para-hydroxylation sites is 3. The van der Waals surface area contributed by atoms with Gasteiger partial charge in [0.05, 0.1) is 33.6 Å². The molecule has 0 atom stereocenters. The van der Waals surface area contributed by atoms with E-state index in [1.165, 1.54) is 59.5 Å². The molecular weight excluding hydrogens is 885 g/mol. The molecule has 4 heteroatoms. The van der Waals surface area contributed by atoms with Crippen LogP contribution in [0.5, 0.6) is 0 Å². The number of aromatic nitrogens is 4. The minimum atomic E-state index is 0.675. The van der Waals surface area contributed by atoms with Gasteiger partial charge in [-0.25, -0.2) is 15.0 Å². The van der Waals surface area contributed by atoms with Crippen LogP contribution in [0.25, 0.3) is 149 Å². The van der Waals surface area contributed by atoms with E-state index in [4.69, 9.17) is 15.0 Å². The molecule has 0 aliphatic carbocycles. The first-order valence-electron chi connectivity index (χ1n) is 24.9. The molecule has 73 heavy (non-hydrogen) atoms. The van der Waals surface area contributed by atoms with Crippen molar-refractivity contribution < 1.29 is 0 Å². The van der Waals surface area contributed by atoms with Crippen LogP contribution in [0.3, 0.4) is 0 Å². The average molecular weight is 927 g/mol. The maximum atomic E-state index is 5.45. The number of pyridine rings is 1. The van der Waals surface area contributed by atoms with Gasteiger partial charge in [0.2, 0.25) is 0 Å². The number of hydrogen-bond acceptors (Lipinski definition) is 3. The van der Waals surface area contributed by atoms with Gasteiger partial charge in [-0.05, 0) is 109 Å². The molecule has 4 nitrogen and oxygen atoms in total. The average Bonchev–Trinajstić information content (AvgIpc) is 3.83. The molecule has 0 aliphatic rings. The smallest absolute Gasteiger partial charge is 0.160 e. The van der Waals surface area contributed by atoms with Crippen LogP contribution in [0.2, 0.25) is 0 Å². The number of benzene rings is 12. The van der Waals surface area contributed by atoms with Gasteiger partial charge in [-0.15, -0.1) is 0 Å². The third-order valence-corrected chi connectivity index (χ3v) is 14.9. The van der Waals surface area contributed by atoms with Gasteiger partial charge in [-0.2, -0.15) is 0 Å². The predicted molar refractivity (Wildman–Crippen MR) is 306 cm³/mol. The van der Waals surface area contributed by atoms with Crippen LogP contribution in [0.15, 0.2) is 255 Å². The summed E-state index contributed by atoms with van der Waals surface area (Å²) in [4.78, 5) is 16.3.